The molecule has 1 saturated heterocycles. The maximum Gasteiger partial charge on any atom is 0.490 e. The van der Waals surface area contributed by atoms with Gasteiger partial charge in [-0.2, -0.15) is 18.4 Å². The Hall–Kier alpha value is -1.33. The molecule has 0 spiro atoms. The minimum atomic E-state index is -5.08. The molecule has 3 N–H and O–H groups in total. The highest BCUT2D eigenvalue weighted by Gasteiger charge is 2.38. The molecule has 8 heteroatoms. The lowest BCUT2D eigenvalue weighted by atomic mass is 9.97. The van der Waals surface area contributed by atoms with Crippen LogP contribution in [0.5, 0.6) is 0 Å². The fourth-order valence-electron chi connectivity index (χ4n) is 0.993. The molecule has 2 unspecified atom stereocenters. The van der Waals surface area contributed by atoms with E-state index in [4.69, 9.17) is 20.3 Å². The van der Waals surface area contributed by atoms with Gasteiger partial charge in [-0.3, -0.25) is 0 Å². The van der Waals surface area contributed by atoms with E-state index in [2.05, 4.69) is 11.4 Å². The number of aliphatic hydroxyl groups is 1. The van der Waals surface area contributed by atoms with Crippen LogP contribution in [0.2, 0.25) is 0 Å². The number of alkyl halides is 3. The van der Waals surface area contributed by atoms with Gasteiger partial charge in [0, 0.05) is 6.54 Å². The van der Waals surface area contributed by atoms with E-state index < -0.39 is 18.2 Å². The zero-order valence-corrected chi connectivity index (χ0v) is 8.16. The Morgan fingerprint density at radius 2 is 2.00 bits per heavy atom. The Labute approximate surface area is 89.5 Å². The highest BCUT2D eigenvalue weighted by Crippen LogP contribution is 2.13. The zero-order chi connectivity index (χ0) is 12.8. The molecule has 0 aromatic heterocycles. The predicted molar refractivity (Wildman–Crippen MR) is 46.3 cm³/mol. The number of aliphatic carboxylic acids is 1. The van der Waals surface area contributed by atoms with Gasteiger partial charge in [0.25, 0.3) is 0 Å². The third-order valence-electron chi connectivity index (χ3n) is 1.86. The molecule has 1 aliphatic heterocycles. The van der Waals surface area contributed by atoms with E-state index in [0.717, 1.165) is 13.0 Å². The second kappa shape index (κ2) is 6.30. The number of carboxylic acid groups (broad SMARTS) is 1. The number of carboxylic acids is 1. The maximum atomic E-state index is 10.6. The van der Waals surface area contributed by atoms with E-state index in [0.29, 0.717) is 6.54 Å². The summed E-state index contributed by atoms with van der Waals surface area (Å²) in [6.45, 7) is 1.42. The monoisotopic (exact) mass is 240 g/mol. The number of hydrogen-bond acceptors (Lipinski definition) is 4. The van der Waals surface area contributed by atoms with Crippen molar-refractivity contribution in [3.05, 3.63) is 0 Å². The Morgan fingerprint density at radius 3 is 2.25 bits per heavy atom. The molecule has 2 atom stereocenters. The number of nitrogens with zero attached hydrogens (tertiary/aromatic N) is 1. The first kappa shape index (κ1) is 14.7. The number of carbonyl (C=O) groups is 1. The van der Waals surface area contributed by atoms with Crippen molar-refractivity contribution in [3.63, 3.8) is 0 Å². The molecule has 0 saturated carbocycles. The van der Waals surface area contributed by atoms with Gasteiger partial charge in [0.1, 0.15) is 0 Å². The quantitative estimate of drug-likeness (QED) is 0.559. The standard InChI is InChI=1S/C6H10N2O.C2HF3O2/c7-3-5-1-2-8-4-6(5)9;3-2(4,5)1(6)7/h5-6,8-9H,1-2,4H2;(H,6,7). The number of halogens is 3. The van der Waals surface area contributed by atoms with Crippen LogP contribution in [0.4, 0.5) is 13.2 Å². The van der Waals surface area contributed by atoms with Gasteiger partial charge in [0.15, 0.2) is 0 Å². The molecule has 0 aliphatic carbocycles. The first-order valence-electron chi connectivity index (χ1n) is 4.37. The molecule has 0 aromatic carbocycles. The van der Waals surface area contributed by atoms with Gasteiger partial charge in [-0.15, -0.1) is 0 Å². The molecule has 0 amide bonds. The molecule has 92 valence electrons. The van der Waals surface area contributed by atoms with Gasteiger partial charge in [-0.25, -0.2) is 4.79 Å². The number of nitrogens with one attached hydrogen (secondary N) is 1. The van der Waals surface area contributed by atoms with Crippen LogP contribution in [0.25, 0.3) is 0 Å². The van der Waals surface area contributed by atoms with Crippen LogP contribution in [-0.4, -0.2) is 41.6 Å². The maximum absolute atomic E-state index is 10.6. The van der Waals surface area contributed by atoms with Gasteiger partial charge in [-0.05, 0) is 13.0 Å². The molecule has 1 fully saturated rings. The Morgan fingerprint density at radius 1 is 1.50 bits per heavy atom. The zero-order valence-electron chi connectivity index (χ0n) is 8.16. The molecule has 1 heterocycles. The average molecular weight is 240 g/mol. The normalized spacial score (nSPS) is 24.9. The largest absolute Gasteiger partial charge is 0.490 e. The van der Waals surface area contributed by atoms with Gasteiger partial charge < -0.3 is 15.5 Å². The number of nitriles is 1. The van der Waals surface area contributed by atoms with Crippen LogP contribution >= 0.6 is 0 Å². The van der Waals surface area contributed by atoms with Crippen LogP contribution in [-0.2, 0) is 4.79 Å². The highest BCUT2D eigenvalue weighted by molar-refractivity contribution is 5.73. The summed E-state index contributed by atoms with van der Waals surface area (Å²) in [6.07, 6.45) is -4.76. The van der Waals surface area contributed by atoms with E-state index >= 15 is 0 Å². The summed E-state index contributed by atoms with van der Waals surface area (Å²) in [4.78, 5) is 8.90. The first-order chi connectivity index (χ1) is 7.29. The van der Waals surface area contributed by atoms with Gasteiger partial charge in [0.2, 0.25) is 0 Å². The summed E-state index contributed by atoms with van der Waals surface area (Å²) < 4.78 is 31.7. The Bertz CT molecular complexity index is 275. The SMILES string of the molecule is N#CC1CCNCC1O.O=C(O)C(F)(F)F. The van der Waals surface area contributed by atoms with Crippen LogP contribution in [0.1, 0.15) is 6.42 Å². The third kappa shape index (κ3) is 5.53. The smallest absolute Gasteiger partial charge is 0.475 e. The number of piperidine rings is 1. The van der Waals surface area contributed by atoms with Crippen molar-refractivity contribution in [2.75, 3.05) is 13.1 Å². The number of rotatable bonds is 0. The molecule has 0 bridgehead atoms. The molecule has 1 aliphatic rings. The lowest BCUT2D eigenvalue weighted by Crippen LogP contribution is -2.39. The van der Waals surface area contributed by atoms with Crippen LogP contribution in [0, 0.1) is 17.2 Å². The van der Waals surface area contributed by atoms with Crippen molar-refractivity contribution >= 4 is 5.97 Å². The van der Waals surface area contributed by atoms with Crippen molar-refractivity contribution in [3.8, 4) is 6.07 Å². The van der Waals surface area contributed by atoms with Crippen molar-refractivity contribution in [1.82, 2.24) is 5.32 Å². The highest BCUT2D eigenvalue weighted by atomic mass is 19.4. The summed E-state index contributed by atoms with van der Waals surface area (Å²) in [6, 6.07) is 2.06. The van der Waals surface area contributed by atoms with Gasteiger partial charge in [0.05, 0.1) is 18.1 Å². The van der Waals surface area contributed by atoms with Gasteiger partial charge in [-0.1, -0.05) is 0 Å². The van der Waals surface area contributed by atoms with Crippen molar-refractivity contribution in [2.45, 2.75) is 18.7 Å². The predicted octanol–water partition coefficient (Wildman–Crippen LogP) is 0.114. The van der Waals surface area contributed by atoms with E-state index in [-0.39, 0.29) is 5.92 Å². The molecular weight excluding hydrogens is 229 g/mol. The van der Waals surface area contributed by atoms with E-state index in [1.165, 1.54) is 0 Å². The van der Waals surface area contributed by atoms with Crippen molar-refractivity contribution < 1.29 is 28.2 Å². The second-order valence-electron chi connectivity index (χ2n) is 3.10. The summed E-state index contributed by atoms with van der Waals surface area (Å²) in [5.41, 5.74) is 0. The summed E-state index contributed by atoms with van der Waals surface area (Å²) in [5, 5.41) is 27.6. The third-order valence-corrected chi connectivity index (χ3v) is 1.86. The lowest BCUT2D eigenvalue weighted by Gasteiger charge is -2.22. The number of aliphatic hydroxyl groups excluding tert-OH is 1. The molecule has 16 heavy (non-hydrogen) atoms. The molecule has 5 nitrogen and oxygen atoms in total. The minimum Gasteiger partial charge on any atom is -0.475 e. The Kier molecular flexibility index (Phi) is 5.77. The average Bonchev–Trinajstić information content (AvgIpc) is 2.18. The van der Waals surface area contributed by atoms with Gasteiger partial charge >= 0.3 is 12.1 Å². The molecule has 1 rings (SSSR count). The fourth-order valence-corrected chi connectivity index (χ4v) is 0.993. The number of β-amino-alcohol motifs (C(OH)–C–C–N with tert-alkyl or cyclic N) is 1. The molecule has 0 radical (unpaired) electrons. The molecule has 0 aromatic rings. The topological polar surface area (TPSA) is 93.4 Å². The summed E-state index contributed by atoms with van der Waals surface area (Å²) >= 11 is 0. The minimum absolute atomic E-state index is 0.147. The lowest BCUT2D eigenvalue weighted by molar-refractivity contribution is -0.192. The van der Waals surface area contributed by atoms with Crippen LogP contribution < -0.4 is 5.32 Å². The van der Waals surface area contributed by atoms with E-state index in [1.807, 2.05) is 0 Å². The summed E-state index contributed by atoms with van der Waals surface area (Å²) in [7, 11) is 0. The van der Waals surface area contributed by atoms with Crippen molar-refractivity contribution in [2.24, 2.45) is 5.92 Å². The Balaban J connectivity index is 0.000000293. The first-order valence-corrected chi connectivity index (χ1v) is 4.37. The van der Waals surface area contributed by atoms with Crippen molar-refractivity contribution in [1.29, 1.82) is 5.26 Å². The van der Waals surface area contributed by atoms with Crippen LogP contribution in [0.3, 0.4) is 0 Å². The van der Waals surface area contributed by atoms with E-state index in [9.17, 15) is 13.2 Å². The fraction of sp³-hybridized carbons (Fsp3) is 0.750. The van der Waals surface area contributed by atoms with Crippen LogP contribution in [0.15, 0.2) is 0 Å². The molecular formula is C8H11F3N2O3. The second-order valence-corrected chi connectivity index (χ2v) is 3.10. The summed E-state index contributed by atoms with van der Waals surface area (Å²) in [5.74, 6) is -2.90. The van der Waals surface area contributed by atoms with E-state index in [1.54, 1.807) is 0 Å². The number of hydrogen-bond donors (Lipinski definition) is 3.